The smallest absolute Gasteiger partial charge is 0.243 e. The molecule has 6 nitrogen and oxygen atoms in total. The summed E-state index contributed by atoms with van der Waals surface area (Å²) in [4.78, 5) is 4.39. The van der Waals surface area contributed by atoms with Crippen LogP contribution in [-0.2, 0) is 20.0 Å². The summed E-state index contributed by atoms with van der Waals surface area (Å²) in [6, 6.07) is 3.63. The first-order valence-corrected chi connectivity index (χ1v) is 6.80. The van der Waals surface area contributed by atoms with E-state index in [-0.39, 0.29) is 0 Å². The number of aromatic nitrogens is 5. The van der Waals surface area contributed by atoms with Crippen LogP contribution in [0.1, 0.15) is 18.2 Å². The lowest BCUT2D eigenvalue weighted by molar-refractivity contribution is 0.746. The highest BCUT2D eigenvalue weighted by atomic mass is 35.5. The van der Waals surface area contributed by atoms with E-state index in [9.17, 15) is 0 Å². The first-order valence-electron chi connectivity index (χ1n) is 6.43. The Kier molecular flexibility index (Phi) is 3.31. The van der Waals surface area contributed by atoms with E-state index < -0.39 is 0 Å². The van der Waals surface area contributed by atoms with E-state index >= 15 is 0 Å². The van der Waals surface area contributed by atoms with Crippen LogP contribution in [0.2, 0.25) is 5.02 Å². The topological polar surface area (TPSA) is 60.0 Å². The van der Waals surface area contributed by atoms with Crippen molar-refractivity contribution in [2.45, 2.75) is 19.9 Å². The van der Waals surface area contributed by atoms with E-state index in [4.69, 9.17) is 11.6 Å². The summed E-state index contributed by atoms with van der Waals surface area (Å²) >= 11 is 5.92. The molecule has 0 aromatic carbocycles. The summed E-state index contributed by atoms with van der Waals surface area (Å²) in [5.74, 6) is 0.582. The van der Waals surface area contributed by atoms with Gasteiger partial charge in [0.05, 0.1) is 10.7 Å². The Bertz CT molecular complexity index is 744. The minimum atomic E-state index is 0.582. The van der Waals surface area contributed by atoms with Gasteiger partial charge in [-0.05, 0) is 18.6 Å². The Morgan fingerprint density at radius 3 is 2.90 bits per heavy atom. The maximum Gasteiger partial charge on any atom is 0.243 e. The highest BCUT2D eigenvalue weighted by molar-refractivity contribution is 6.30. The van der Waals surface area contributed by atoms with Crippen LogP contribution in [0.3, 0.4) is 0 Å². The van der Waals surface area contributed by atoms with Gasteiger partial charge in [0, 0.05) is 31.5 Å². The fourth-order valence-corrected chi connectivity index (χ4v) is 2.29. The largest absolute Gasteiger partial charge is 0.349 e. The maximum atomic E-state index is 5.92. The molecule has 0 spiro atoms. The van der Waals surface area contributed by atoms with Crippen LogP contribution in [0.5, 0.6) is 0 Å². The van der Waals surface area contributed by atoms with Crippen molar-refractivity contribution in [1.82, 2.24) is 24.4 Å². The van der Waals surface area contributed by atoms with Gasteiger partial charge in [0.25, 0.3) is 0 Å². The van der Waals surface area contributed by atoms with Gasteiger partial charge in [-0.3, -0.25) is 4.68 Å². The molecule has 3 aromatic heterocycles. The van der Waals surface area contributed by atoms with Crippen LogP contribution in [-0.4, -0.2) is 24.4 Å². The number of nitrogens with zero attached hydrogens (tertiary/aromatic N) is 5. The van der Waals surface area contributed by atoms with E-state index in [1.54, 1.807) is 16.8 Å². The number of hydrogen-bond donors (Lipinski definition) is 1. The third-order valence-electron chi connectivity index (χ3n) is 3.06. The Morgan fingerprint density at radius 1 is 1.25 bits per heavy atom. The van der Waals surface area contributed by atoms with Crippen LogP contribution in [0.4, 0.5) is 5.95 Å². The number of anilines is 1. The zero-order valence-corrected chi connectivity index (χ0v) is 12.1. The Hall–Kier alpha value is -2.08. The second-order valence-corrected chi connectivity index (χ2v) is 5.00. The minimum Gasteiger partial charge on any atom is -0.349 e. The normalized spacial score (nSPS) is 11.2. The Morgan fingerprint density at radius 2 is 2.10 bits per heavy atom. The van der Waals surface area contributed by atoms with E-state index in [2.05, 4.69) is 27.4 Å². The molecule has 0 aliphatic rings. The van der Waals surface area contributed by atoms with Crippen molar-refractivity contribution < 1.29 is 0 Å². The molecule has 0 amide bonds. The summed E-state index contributed by atoms with van der Waals surface area (Å²) in [5, 5.41) is 12.6. The summed E-state index contributed by atoms with van der Waals surface area (Å²) in [6.45, 7) is 2.75. The van der Waals surface area contributed by atoms with Crippen LogP contribution in [0, 0.1) is 0 Å². The molecule has 0 radical (unpaired) electrons. The van der Waals surface area contributed by atoms with Gasteiger partial charge in [-0.15, -0.1) is 5.10 Å². The van der Waals surface area contributed by atoms with Gasteiger partial charge >= 0.3 is 0 Å². The van der Waals surface area contributed by atoms with Crippen LogP contribution in [0.25, 0.3) is 5.65 Å². The number of aryl methyl sites for hydroxylation is 2. The van der Waals surface area contributed by atoms with Crippen molar-refractivity contribution in [3.05, 3.63) is 40.8 Å². The molecule has 0 aliphatic heterocycles. The van der Waals surface area contributed by atoms with Crippen molar-refractivity contribution in [1.29, 1.82) is 0 Å². The Balaban J connectivity index is 1.79. The van der Waals surface area contributed by atoms with E-state index in [0.717, 1.165) is 23.3 Å². The molecule has 0 saturated heterocycles. The van der Waals surface area contributed by atoms with Gasteiger partial charge in [-0.2, -0.15) is 10.1 Å². The molecule has 0 fully saturated rings. The molecule has 3 aromatic rings. The molecule has 0 bridgehead atoms. The number of halogens is 1. The quantitative estimate of drug-likeness (QED) is 0.801. The first kappa shape index (κ1) is 12.9. The average molecular weight is 291 g/mol. The van der Waals surface area contributed by atoms with E-state index in [1.165, 1.54) is 0 Å². The predicted molar refractivity (Wildman–Crippen MR) is 77.9 cm³/mol. The van der Waals surface area contributed by atoms with E-state index in [1.807, 2.05) is 24.0 Å². The molecule has 20 heavy (non-hydrogen) atoms. The van der Waals surface area contributed by atoms with Gasteiger partial charge in [0.15, 0.2) is 5.65 Å². The number of nitrogens with one attached hydrogen (secondary N) is 1. The SMILES string of the molecule is CCc1nn(C)cc1CNc1nc2ccc(Cl)cn2n1. The monoisotopic (exact) mass is 290 g/mol. The van der Waals surface area contributed by atoms with Crippen LogP contribution in [0.15, 0.2) is 24.5 Å². The Labute approximate surface area is 121 Å². The van der Waals surface area contributed by atoms with Crippen LogP contribution < -0.4 is 5.32 Å². The molecule has 1 N–H and O–H groups in total. The highest BCUT2D eigenvalue weighted by Gasteiger charge is 2.08. The standard InChI is InChI=1S/C13H15ClN6/c1-3-11-9(7-19(2)17-11)6-15-13-16-12-5-4-10(14)8-20(12)18-13/h4-5,7-8H,3,6H2,1-2H3,(H,15,18). The number of pyridine rings is 1. The predicted octanol–water partition coefficient (Wildman–Crippen LogP) is 2.29. The van der Waals surface area contributed by atoms with Crippen molar-refractivity contribution in [3.63, 3.8) is 0 Å². The molecular formula is C13H15ClN6. The minimum absolute atomic E-state index is 0.582. The van der Waals surface area contributed by atoms with Crippen molar-refractivity contribution >= 4 is 23.2 Å². The van der Waals surface area contributed by atoms with Crippen molar-refractivity contribution in [2.75, 3.05) is 5.32 Å². The molecule has 3 heterocycles. The third-order valence-corrected chi connectivity index (χ3v) is 3.28. The molecule has 7 heteroatoms. The lowest BCUT2D eigenvalue weighted by Gasteiger charge is -2.00. The highest BCUT2D eigenvalue weighted by Crippen LogP contribution is 2.13. The molecule has 0 aliphatic carbocycles. The average Bonchev–Trinajstić information content (AvgIpc) is 2.98. The second-order valence-electron chi connectivity index (χ2n) is 4.57. The lowest BCUT2D eigenvalue weighted by Crippen LogP contribution is -2.02. The van der Waals surface area contributed by atoms with E-state index in [0.29, 0.717) is 17.5 Å². The lowest BCUT2D eigenvalue weighted by atomic mass is 10.2. The van der Waals surface area contributed by atoms with Crippen molar-refractivity contribution in [3.8, 4) is 0 Å². The van der Waals surface area contributed by atoms with Gasteiger partial charge in [-0.1, -0.05) is 18.5 Å². The molecule has 0 saturated carbocycles. The number of rotatable bonds is 4. The maximum absolute atomic E-state index is 5.92. The first-order chi connectivity index (χ1) is 9.65. The summed E-state index contributed by atoms with van der Waals surface area (Å²) in [5.41, 5.74) is 3.01. The van der Waals surface area contributed by atoms with Gasteiger partial charge in [0.2, 0.25) is 5.95 Å². The second kappa shape index (κ2) is 5.13. The summed E-state index contributed by atoms with van der Waals surface area (Å²) < 4.78 is 3.49. The zero-order chi connectivity index (χ0) is 14.1. The molecular weight excluding hydrogens is 276 g/mol. The van der Waals surface area contributed by atoms with Crippen molar-refractivity contribution in [2.24, 2.45) is 7.05 Å². The molecule has 104 valence electrons. The number of hydrogen-bond acceptors (Lipinski definition) is 4. The molecule has 0 atom stereocenters. The molecule has 3 rings (SSSR count). The zero-order valence-electron chi connectivity index (χ0n) is 11.3. The van der Waals surface area contributed by atoms with Gasteiger partial charge in [0.1, 0.15) is 0 Å². The molecule has 0 unspecified atom stereocenters. The van der Waals surface area contributed by atoms with Gasteiger partial charge in [-0.25, -0.2) is 4.52 Å². The number of fused-ring (bicyclic) bond motifs is 1. The van der Waals surface area contributed by atoms with Crippen LogP contribution >= 0.6 is 11.6 Å². The van der Waals surface area contributed by atoms with Gasteiger partial charge < -0.3 is 5.32 Å². The summed E-state index contributed by atoms with van der Waals surface area (Å²) in [6.07, 6.45) is 4.65. The fourth-order valence-electron chi connectivity index (χ4n) is 2.14. The third kappa shape index (κ3) is 2.46. The summed E-state index contributed by atoms with van der Waals surface area (Å²) in [7, 11) is 1.92. The fraction of sp³-hybridized carbons (Fsp3) is 0.308.